The maximum Gasteiger partial charge on any atom is 0.436 e. The lowest BCUT2D eigenvalue weighted by Gasteiger charge is -2.19. The van der Waals surface area contributed by atoms with E-state index in [-0.39, 0.29) is 5.75 Å². The van der Waals surface area contributed by atoms with E-state index < -0.39 is 18.2 Å². The van der Waals surface area contributed by atoms with Crippen molar-refractivity contribution in [3.63, 3.8) is 0 Å². The fraction of sp³-hybridized carbons (Fsp3) is 0.300. The van der Waals surface area contributed by atoms with E-state index >= 15 is 0 Å². The lowest BCUT2D eigenvalue weighted by molar-refractivity contribution is -0.209. The van der Waals surface area contributed by atoms with Crippen LogP contribution in [0.1, 0.15) is 0 Å². The third-order valence-corrected chi connectivity index (χ3v) is 1.71. The van der Waals surface area contributed by atoms with Gasteiger partial charge in [0.2, 0.25) is 0 Å². The molecule has 0 saturated heterocycles. The van der Waals surface area contributed by atoms with Crippen LogP contribution in [-0.2, 0) is 9.53 Å². The molecule has 6 heteroatoms. The molecule has 1 atom stereocenters. The molecule has 1 aromatic rings. The molecule has 0 heterocycles. The van der Waals surface area contributed by atoms with Crippen molar-refractivity contribution in [1.82, 2.24) is 0 Å². The zero-order valence-corrected chi connectivity index (χ0v) is 8.32. The molecule has 1 rings (SSSR count). The Morgan fingerprint density at radius 1 is 1.25 bits per heavy atom. The predicted molar refractivity (Wildman–Crippen MR) is 48.9 cm³/mol. The Bertz CT molecular complexity index is 348. The van der Waals surface area contributed by atoms with Gasteiger partial charge in [-0.2, -0.15) is 13.2 Å². The summed E-state index contributed by atoms with van der Waals surface area (Å²) < 4.78 is 45.8. The number of hydrogen-bond donors (Lipinski definition) is 0. The molecular formula is C10H9F3O3. The van der Waals surface area contributed by atoms with E-state index in [1.165, 1.54) is 24.3 Å². The lowest BCUT2D eigenvalue weighted by Crippen LogP contribution is -2.42. The zero-order valence-electron chi connectivity index (χ0n) is 8.32. The average molecular weight is 234 g/mol. The SMILES string of the molecule is COC(=O)C(Oc1ccccc1)C(F)(F)F. The van der Waals surface area contributed by atoms with E-state index in [0.29, 0.717) is 0 Å². The van der Waals surface area contributed by atoms with Crippen molar-refractivity contribution in [3.05, 3.63) is 30.3 Å². The van der Waals surface area contributed by atoms with Gasteiger partial charge in [-0.3, -0.25) is 0 Å². The molecule has 1 unspecified atom stereocenters. The Morgan fingerprint density at radius 3 is 2.25 bits per heavy atom. The number of esters is 1. The highest BCUT2D eigenvalue weighted by Crippen LogP contribution is 2.25. The van der Waals surface area contributed by atoms with Gasteiger partial charge in [-0.25, -0.2) is 4.79 Å². The van der Waals surface area contributed by atoms with Gasteiger partial charge in [-0.05, 0) is 12.1 Å². The number of hydrogen-bond acceptors (Lipinski definition) is 3. The van der Waals surface area contributed by atoms with Gasteiger partial charge in [0.15, 0.2) is 0 Å². The highest BCUT2D eigenvalue weighted by molar-refractivity contribution is 5.76. The monoisotopic (exact) mass is 234 g/mol. The van der Waals surface area contributed by atoms with Crippen molar-refractivity contribution in [2.75, 3.05) is 7.11 Å². The molecule has 3 nitrogen and oxygen atoms in total. The van der Waals surface area contributed by atoms with Crippen LogP contribution in [0.15, 0.2) is 30.3 Å². The van der Waals surface area contributed by atoms with E-state index in [0.717, 1.165) is 7.11 Å². The minimum absolute atomic E-state index is 0.0461. The first-order chi connectivity index (χ1) is 7.45. The summed E-state index contributed by atoms with van der Waals surface area (Å²) in [7, 11) is 0.870. The number of carbonyl (C=O) groups excluding carboxylic acids is 1. The van der Waals surface area contributed by atoms with Crippen LogP contribution in [0, 0.1) is 0 Å². The first kappa shape index (κ1) is 12.4. The second-order valence-electron chi connectivity index (χ2n) is 2.88. The predicted octanol–water partition coefficient (Wildman–Crippen LogP) is 2.17. The minimum atomic E-state index is -4.80. The van der Waals surface area contributed by atoms with Crippen molar-refractivity contribution in [2.45, 2.75) is 12.3 Å². The van der Waals surface area contributed by atoms with Gasteiger partial charge in [0, 0.05) is 0 Å². The highest BCUT2D eigenvalue weighted by atomic mass is 19.4. The third kappa shape index (κ3) is 3.15. The topological polar surface area (TPSA) is 35.5 Å². The summed E-state index contributed by atoms with van der Waals surface area (Å²) in [5.74, 6) is -1.52. The summed E-state index contributed by atoms with van der Waals surface area (Å²) in [4.78, 5) is 10.9. The molecule has 0 N–H and O–H groups in total. The van der Waals surface area contributed by atoms with Gasteiger partial charge in [0.05, 0.1) is 7.11 Å². The maximum absolute atomic E-state index is 12.4. The number of ether oxygens (including phenoxy) is 2. The van der Waals surface area contributed by atoms with Crippen LogP contribution in [0.25, 0.3) is 0 Å². The fourth-order valence-electron chi connectivity index (χ4n) is 0.991. The number of benzene rings is 1. The number of alkyl halides is 3. The molecule has 0 spiro atoms. The third-order valence-electron chi connectivity index (χ3n) is 1.71. The van der Waals surface area contributed by atoms with Crippen LogP contribution < -0.4 is 4.74 Å². The van der Waals surface area contributed by atoms with E-state index in [1.807, 2.05) is 0 Å². The van der Waals surface area contributed by atoms with Crippen LogP contribution in [0.2, 0.25) is 0 Å². The van der Waals surface area contributed by atoms with Crippen molar-refractivity contribution in [3.8, 4) is 5.75 Å². The van der Waals surface area contributed by atoms with Crippen LogP contribution in [0.3, 0.4) is 0 Å². The summed E-state index contributed by atoms with van der Waals surface area (Å²) in [6, 6.07) is 7.26. The molecule has 0 aliphatic carbocycles. The number of carbonyl (C=O) groups is 1. The molecule has 0 amide bonds. The maximum atomic E-state index is 12.4. The Hall–Kier alpha value is -1.72. The molecule has 0 radical (unpaired) electrons. The Balaban J connectivity index is 2.84. The quantitative estimate of drug-likeness (QED) is 0.752. The number of para-hydroxylation sites is 1. The van der Waals surface area contributed by atoms with Gasteiger partial charge in [-0.15, -0.1) is 0 Å². The summed E-state index contributed by atoms with van der Waals surface area (Å²) in [6.45, 7) is 0. The fourth-order valence-corrected chi connectivity index (χ4v) is 0.991. The number of halogens is 3. The molecule has 16 heavy (non-hydrogen) atoms. The second-order valence-corrected chi connectivity index (χ2v) is 2.88. The molecule has 0 aromatic heterocycles. The second kappa shape index (κ2) is 4.87. The van der Waals surface area contributed by atoms with Gasteiger partial charge in [0.25, 0.3) is 6.10 Å². The average Bonchev–Trinajstić information content (AvgIpc) is 2.25. The highest BCUT2D eigenvalue weighted by Gasteiger charge is 2.48. The van der Waals surface area contributed by atoms with Crippen molar-refractivity contribution < 1.29 is 27.4 Å². The molecule has 0 saturated carbocycles. The molecule has 1 aromatic carbocycles. The first-order valence-electron chi connectivity index (χ1n) is 4.31. The van der Waals surface area contributed by atoms with Crippen LogP contribution in [-0.4, -0.2) is 25.4 Å². The van der Waals surface area contributed by atoms with Gasteiger partial charge < -0.3 is 9.47 Å². The van der Waals surface area contributed by atoms with Crippen molar-refractivity contribution in [2.24, 2.45) is 0 Å². The van der Waals surface area contributed by atoms with E-state index in [9.17, 15) is 18.0 Å². The van der Waals surface area contributed by atoms with E-state index in [2.05, 4.69) is 9.47 Å². The Labute approximate surface area is 89.8 Å². The molecular weight excluding hydrogens is 225 g/mol. The molecule has 88 valence electrons. The van der Waals surface area contributed by atoms with Crippen molar-refractivity contribution in [1.29, 1.82) is 0 Å². The molecule has 0 aliphatic rings. The van der Waals surface area contributed by atoms with Gasteiger partial charge in [0.1, 0.15) is 5.75 Å². The Morgan fingerprint density at radius 2 is 1.81 bits per heavy atom. The lowest BCUT2D eigenvalue weighted by atomic mass is 10.3. The zero-order chi connectivity index (χ0) is 12.2. The van der Waals surface area contributed by atoms with Gasteiger partial charge >= 0.3 is 12.1 Å². The number of rotatable bonds is 3. The van der Waals surface area contributed by atoms with Gasteiger partial charge in [-0.1, -0.05) is 18.2 Å². The van der Waals surface area contributed by atoms with Crippen LogP contribution in [0.5, 0.6) is 5.75 Å². The first-order valence-corrected chi connectivity index (χ1v) is 4.31. The smallest absolute Gasteiger partial charge is 0.436 e. The summed E-state index contributed by atoms with van der Waals surface area (Å²) in [5, 5.41) is 0. The summed E-state index contributed by atoms with van der Waals surface area (Å²) in [6.07, 6.45) is -7.40. The normalized spacial score (nSPS) is 13.0. The Kier molecular flexibility index (Phi) is 3.76. The van der Waals surface area contributed by atoms with Crippen LogP contribution >= 0.6 is 0 Å². The molecule has 0 fully saturated rings. The summed E-state index contributed by atoms with van der Waals surface area (Å²) in [5.41, 5.74) is 0. The van der Waals surface area contributed by atoms with E-state index in [4.69, 9.17) is 0 Å². The largest absolute Gasteiger partial charge is 0.469 e. The molecule has 0 aliphatic heterocycles. The van der Waals surface area contributed by atoms with E-state index in [1.54, 1.807) is 6.07 Å². The van der Waals surface area contributed by atoms with Crippen molar-refractivity contribution >= 4 is 5.97 Å². The standard InChI is InChI=1S/C10H9F3O3/c1-15-9(14)8(10(11,12)13)16-7-5-3-2-4-6-7/h2-6,8H,1H3. The molecule has 0 bridgehead atoms. The number of methoxy groups -OCH3 is 1. The minimum Gasteiger partial charge on any atom is -0.469 e. The summed E-state index contributed by atoms with van der Waals surface area (Å²) >= 11 is 0. The van der Waals surface area contributed by atoms with Crippen LogP contribution in [0.4, 0.5) is 13.2 Å².